The van der Waals surface area contributed by atoms with Crippen molar-refractivity contribution in [3.8, 4) is 0 Å². The fraction of sp³-hybridized carbons (Fsp3) is 0.417. The predicted molar refractivity (Wildman–Crippen MR) is 70.7 cm³/mol. The Morgan fingerprint density at radius 3 is 3.12 bits per heavy atom. The summed E-state index contributed by atoms with van der Waals surface area (Å²) < 4.78 is 1.26. The van der Waals surface area contributed by atoms with Crippen LogP contribution < -0.4 is 4.90 Å². The molecule has 1 aromatic heterocycles. The van der Waals surface area contributed by atoms with Crippen LogP contribution in [-0.2, 0) is 0 Å². The first-order valence-electron chi connectivity index (χ1n) is 5.56. The molecule has 84 valence electrons. The Bertz CT molecular complexity index is 463. The van der Waals surface area contributed by atoms with E-state index in [1.807, 2.05) is 6.07 Å². The molecule has 1 saturated heterocycles. The van der Waals surface area contributed by atoms with Crippen molar-refractivity contribution < 1.29 is 0 Å². The Morgan fingerprint density at radius 1 is 1.44 bits per heavy atom. The first-order valence-corrected chi connectivity index (χ1v) is 6.92. The molecular weight excluding hydrogens is 240 g/mol. The maximum Gasteiger partial charge on any atom is 0.186 e. The lowest BCUT2D eigenvalue weighted by Crippen LogP contribution is -2.30. The number of rotatable bonds is 2. The SMILES string of the molecule is ClCC1CCCN1c1nc2ccccc2s1. The maximum absolute atomic E-state index is 5.99. The molecule has 2 heterocycles. The van der Waals surface area contributed by atoms with Gasteiger partial charge in [-0.05, 0) is 25.0 Å². The molecule has 0 aliphatic carbocycles. The average Bonchev–Trinajstić information content (AvgIpc) is 2.94. The van der Waals surface area contributed by atoms with E-state index in [9.17, 15) is 0 Å². The van der Waals surface area contributed by atoms with Crippen LogP contribution in [0.3, 0.4) is 0 Å². The topological polar surface area (TPSA) is 16.1 Å². The fourth-order valence-corrected chi connectivity index (χ4v) is 3.61. The van der Waals surface area contributed by atoms with Gasteiger partial charge in [-0.2, -0.15) is 0 Å². The molecule has 2 nitrogen and oxygen atoms in total. The highest BCUT2D eigenvalue weighted by Crippen LogP contribution is 2.33. The van der Waals surface area contributed by atoms with Crippen molar-refractivity contribution in [1.82, 2.24) is 4.98 Å². The van der Waals surface area contributed by atoms with Gasteiger partial charge in [0.1, 0.15) is 0 Å². The number of halogens is 1. The molecule has 1 fully saturated rings. The van der Waals surface area contributed by atoms with Gasteiger partial charge < -0.3 is 4.90 Å². The standard InChI is InChI=1S/C12H13ClN2S/c13-8-9-4-3-7-15(9)12-14-10-5-1-2-6-11(10)16-12/h1-2,5-6,9H,3-4,7-8H2. The molecule has 1 unspecified atom stereocenters. The molecule has 4 heteroatoms. The maximum atomic E-state index is 5.99. The average molecular weight is 253 g/mol. The van der Waals surface area contributed by atoms with Crippen LogP contribution in [0.4, 0.5) is 5.13 Å². The largest absolute Gasteiger partial charge is 0.344 e. The van der Waals surface area contributed by atoms with E-state index in [2.05, 4.69) is 28.1 Å². The minimum atomic E-state index is 0.474. The second kappa shape index (κ2) is 4.22. The van der Waals surface area contributed by atoms with Gasteiger partial charge in [-0.25, -0.2) is 4.98 Å². The number of para-hydroxylation sites is 1. The van der Waals surface area contributed by atoms with E-state index in [0.29, 0.717) is 11.9 Å². The highest BCUT2D eigenvalue weighted by atomic mass is 35.5. The molecule has 0 spiro atoms. The Labute approximate surface area is 104 Å². The molecule has 0 saturated carbocycles. The van der Waals surface area contributed by atoms with Crippen LogP contribution in [0, 0.1) is 0 Å². The summed E-state index contributed by atoms with van der Waals surface area (Å²) in [4.78, 5) is 7.04. The van der Waals surface area contributed by atoms with E-state index < -0.39 is 0 Å². The third kappa shape index (κ3) is 1.68. The third-order valence-electron chi connectivity index (χ3n) is 3.08. The van der Waals surface area contributed by atoms with Crippen LogP contribution in [0.25, 0.3) is 10.2 Å². The first-order chi connectivity index (χ1) is 7.88. The van der Waals surface area contributed by atoms with Crippen molar-refractivity contribution >= 4 is 38.3 Å². The number of benzene rings is 1. The van der Waals surface area contributed by atoms with Crippen LogP contribution in [0.15, 0.2) is 24.3 Å². The van der Waals surface area contributed by atoms with E-state index in [-0.39, 0.29) is 0 Å². The van der Waals surface area contributed by atoms with Crippen LogP contribution in [0.5, 0.6) is 0 Å². The summed E-state index contributed by atoms with van der Waals surface area (Å²) in [6.45, 7) is 1.09. The zero-order chi connectivity index (χ0) is 11.0. The highest BCUT2D eigenvalue weighted by molar-refractivity contribution is 7.22. The van der Waals surface area contributed by atoms with Crippen molar-refractivity contribution in [2.75, 3.05) is 17.3 Å². The van der Waals surface area contributed by atoms with Crippen molar-refractivity contribution in [2.45, 2.75) is 18.9 Å². The smallest absolute Gasteiger partial charge is 0.186 e. The Morgan fingerprint density at radius 2 is 2.31 bits per heavy atom. The quantitative estimate of drug-likeness (QED) is 0.761. The summed E-state index contributed by atoms with van der Waals surface area (Å²) in [6, 6.07) is 8.77. The summed E-state index contributed by atoms with van der Waals surface area (Å²) in [6.07, 6.45) is 2.42. The molecule has 0 N–H and O–H groups in total. The number of alkyl halides is 1. The van der Waals surface area contributed by atoms with Gasteiger partial charge in [0, 0.05) is 18.5 Å². The molecule has 1 aliphatic rings. The molecule has 0 amide bonds. The van der Waals surface area contributed by atoms with Crippen LogP contribution in [-0.4, -0.2) is 23.5 Å². The minimum Gasteiger partial charge on any atom is -0.344 e. The predicted octanol–water partition coefficient (Wildman–Crippen LogP) is 3.50. The van der Waals surface area contributed by atoms with Gasteiger partial charge >= 0.3 is 0 Å². The van der Waals surface area contributed by atoms with Crippen molar-refractivity contribution in [3.05, 3.63) is 24.3 Å². The van der Waals surface area contributed by atoms with Crippen LogP contribution >= 0.6 is 22.9 Å². The summed E-state index contributed by atoms with van der Waals surface area (Å²) in [5.74, 6) is 0.704. The Kier molecular flexibility index (Phi) is 2.74. The molecule has 3 rings (SSSR count). The zero-order valence-corrected chi connectivity index (χ0v) is 10.5. The normalized spacial score (nSPS) is 20.8. The second-order valence-electron chi connectivity index (χ2n) is 4.11. The minimum absolute atomic E-state index is 0.474. The molecule has 1 atom stereocenters. The van der Waals surface area contributed by atoms with Gasteiger partial charge in [0.25, 0.3) is 0 Å². The molecule has 1 aromatic carbocycles. The number of nitrogens with zero attached hydrogens (tertiary/aromatic N) is 2. The lowest BCUT2D eigenvalue weighted by atomic mass is 10.2. The zero-order valence-electron chi connectivity index (χ0n) is 8.90. The lowest BCUT2D eigenvalue weighted by Gasteiger charge is -2.21. The van der Waals surface area contributed by atoms with Gasteiger partial charge in [0.2, 0.25) is 0 Å². The molecule has 0 radical (unpaired) electrons. The van der Waals surface area contributed by atoms with Gasteiger partial charge in [0.05, 0.1) is 10.2 Å². The van der Waals surface area contributed by atoms with E-state index in [4.69, 9.17) is 11.6 Å². The Balaban J connectivity index is 1.99. The fourth-order valence-electron chi connectivity index (χ4n) is 2.23. The number of hydrogen-bond donors (Lipinski definition) is 0. The first kappa shape index (κ1) is 10.4. The van der Waals surface area contributed by atoms with Gasteiger partial charge in [-0.3, -0.25) is 0 Å². The lowest BCUT2D eigenvalue weighted by molar-refractivity contribution is 0.740. The summed E-state index contributed by atoms with van der Waals surface area (Å²) in [5, 5.41) is 1.13. The molecule has 0 bridgehead atoms. The van der Waals surface area contributed by atoms with Crippen molar-refractivity contribution in [3.63, 3.8) is 0 Å². The molecule has 16 heavy (non-hydrogen) atoms. The molecule has 2 aromatic rings. The summed E-state index contributed by atoms with van der Waals surface area (Å²) >= 11 is 7.76. The number of aromatic nitrogens is 1. The Hall–Kier alpha value is -0.800. The number of anilines is 1. The highest BCUT2D eigenvalue weighted by Gasteiger charge is 2.26. The van der Waals surface area contributed by atoms with E-state index in [1.165, 1.54) is 17.5 Å². The van der Waals surface area contributed by atoms with Crippen LogP contribution in [0.1, 0.15) is 12.8 Å². The van der Waals surface area contributed by atoms with Gasteiger partial charge in [-0.15, -0.1) is 11.6 Å². The number of hydrogen-bond acceptors (Lipinski definition) is 3. The second-order valence-corrected chi connectivity index (χ2v) is 5.43. The van der Waals surface area contributed by atoms with E-state index in [0.717, 1.165) is 17.2 Å². The van der Waals surface area contributed by atoms with Crippen molar-refractivity contribution in [1.29, 1.82) is 0 Å². The van der Waals surface area contributed by atoms with Crippen molar-refractivity contribution in [2.24, 2.45) is 0 Å². The molecule has 1 aliphatic heterocycles. The van der Waals surface area contributed by atoms with E-state index >= 15 is 0 Å². The van der Waals surface area contributed by atoms with Crippen LogP contribution in [0.2, 0.25) is 0 Å². The number of thiazole rings is 1. The summed E-state index contributed by atoms with van der Waals surface area (Å²) in [7, 11) is 0. The monoisotopic (exact) mass is 252 g/mol. The third-order valence-corrected chi connectivity index (χ3v) is 4.51. The number of fused-ring (bicyclic) bond motifs is 1. The van der Waals surface area contributed by atoms with Gasteiger partial charge in [-0.1, -0.05) is 23.5 Å². The van der Waals surface area contributed by atoms with E-state index in [1.54, 1.807) is 11.3 Å². The van der Waals surface area contributed by atoms with Gasteiger partial charge in [0.15, 0.2) is 5.13 Å². The summed E-state index contributed by atoms with van der Waals surface area (Å²) in [5.41, 5.74) is 1.10. The molecular formula is C12H13ClN2S.